The Balaban J connectivity index is 2.39. The van der Waals surface area contributed by atoms with Gasteiger partial charge in [-0.25, -0.2) is 12.7 Å². The average molecular weight is 399 g/mol. The van der Waals surface area contributed by atoms with Crippen molar-refractivity contribution in [2.45, 2.75) is 50.5 Å². The van der Waals surface area contributed by atoms with Crippen LogP contribution in [0, 0.1) is 12.8 Å². The maximum atomic E-state index is 13.2. The number of sulfonamides is 1. The van der Waals surface area contributed by atoms with E-state index in [1.165, 1.54) is 19.3 Å². The van der Waals surface area contributed by atoms with Crippen molar-refractivity contribution in [3.8, 4) is 0 Å². The van der Waals surface area contributed by atoms with Gasteiger partial charge in [-0.1, -0.05) is 6.92 Å². The van der Waals surface area contributed by atoms with Gasteiger partial charge in [-0.15, -0.1) is 0 Å². The van der Waals surface area contributed by atoms with E-state index in [0.29, 0.717) is 17.3 Å². The van der Waals surface area contributed by atoms with Crippen LogP contribution < -0.4 is 11.1 Å². The van der Waals surface area contributed by atoms with Crippen LogP contribution in [-0.2, 0) is 24.4 Å². The largest absolute Gasteiger partial charge is 0.468 e. The molecule has 1 aromatic rings. The number of carbonyl (C=O) groups excluding carboxylic acids is 3. The van der Waals surface area contributed by atoms with E-state index in [9.17, 15) is 22.8 Å². The van der Waals surface area contributed by atoms with Gasteiger partial charge in [0.15, 0.2) is 5.78 Å². The molecule has 0 aliphatic carbocycles. The Bertz CT molecular complexity index is 816. The SMILES string of the molecule is Cc1occc1S(=O)(=O)N(C(=O)CCC(C)C(N)=O)[C@H]1CCCNCC1=O. The summed E-state index contributed by atoms with van der Waals surface area (Å²) in [7, 11) is -4.28. The van der Waals surface area contributed by atoms with Crippen molar-refractivity contribution in [1.29, 1.82) is 0 Å². The minimum Gasteiger partial charge on any atom is -0.468 e. The highest BCUT2D eigenvalue weighted by Gasteiger charge is 2.40. The molecule has 1 aliphatic heterocycles. The zero-order chi connectivity index (χ0) is 20.2. The quantitative estimate of drug-likeness (QED) is 0.673. The number of primary amides is 1. The first-order valence-electron chi connectivity index (χ1n) is 8.80. The van der Waals surface area contributed by atoms with Gasteiger partial charge in [-0.3, -0.25) is 14.4 Å². The average Bonchev–Trinajstić information content (AvgIpc) is 2.94. The Hall–Kier alpha value is -2.20. The van der Waals surface area contributed by atoms with Crippen molar-refractivity contribution in [3.05, 3.63) is 18.1 Å². The van der Waals surface area contributed by atoms with E-state index in [2.05, 4.69) is 5.32 Å². The Morgan fingerprint density at radius 1 is 1.44 bits per heavy atom. The number of nitrogens with zero attached hydrogens (tertiary/aromatic N) is 1. The van der Waals surface area contributed by atoms with Crippen molar-refractivity contribution in [3.63, 3.8) is 0 Å². The second kappa shape index (κ2) is 8.66. The fourth-order valence-corrected chi connectivity index (χ4v) is 4.74. The molecule has 2 atom stereocenters. The van der Waals surface area contributed by atoms with Crippen LogP contribution in [0.25, 0.3) is 0 Å². The highest BCUT2D eigenvalue weighted by Crippen LogP contribution is 2.26. The monoisotopic (exact) mass is 399 g/mol. The third kappa shape index (κ3) is 4.75. The standard InChI is InChI=1S/C17H25N3O6S/c1-11(17(18)23)5-6-16(22)20(13-4-3-8-19-10-14(13)21)27(24,25)15-7-9-26-12(15)2/h7,9,11,13,19H,3-6,8,10H2,1-2H3,(H2,18,23)/t11?,13-/m0/s1. The molecule has 2 heterocycles. The third-order valence-corrected chi connectivity index (χ3v) is 6.61. The highest BCUT2D eigenvalue weighted by molar-refractivity contribution is 7.89. The van der Waals surface area contributed by atoms with Gasteiger partial charge in [0, 0.05) is 12.3 Å². The lowest BCUT2D eigenvalue weighted by molar-refractivity contribution is -0.134. The fourth-order valence-electron chi connectivity index (χ4n) is 2.97. The predicted octanol–water partition coefficient (Wildman–Crippen LogP) is 0.328. The molecule has 0 aromatic carbocycles. The number of carbonyl (C=O) groups is 3. The topological polar surface area (TPSA) is 140 Å². The summed E-state index contributed by atoms with van der Waals surface area (Å²) in [5.41, 5.74) is 5.21. The number of furan rings is 1. The van der Waals surface area contributed by atoms with Crippen molar-refractivity contribution in [1.82, 2.24) is 9.62 Å². The van der Waals surface area contributed by atoms with Gasteiger partial charge in [0.2, 0.25) is 11.8 Å². The molecule has 1 unspecified atom stereocenters. The summed E-state index contributed by atoms with van der Waals surface area (Å²) < 4.78 is 32.1. The van der Waals surface area contributed by atoms with Crippen LogP contribution in [0.3, 0.4) is 0 Å². The van der Waals surface area contributed by atoms with E-state index in [-0.39, 0.29) is 42.2 Å². The van der Waals surface area contributed by atoms with Gasteiger partial charge < -0.3 is 15.5 Å². The smallest absolute Gasteiger partial charge is 0.270 e. The molecule has 2 rings (SSSR count). The van der Waals surface area contributed by atoms with Crippen LogP contribution in [0.2, 0.25) is 0 Å². The van der Waals surface area contributed by atoms with Gasteiger partial charge in [0.1, 0.15) is 16.7 Å². The Kier molecular flexibility index (Phi) is 6.77. The third-order valence-electron chi connectivity index (χ3n) is 4.66. The van der Waals surface area contributed by atoms with Crippen LogP contribution in [0.4, 0.5) is 0 Å². The maximum Gasteiger partial charge on any atom is 0.270 e. The van der Waals surface area contributed by atoms with E-state index < -0.39 is 33.8 Å². The minimum absolute atomic E-state index is 0.00791. The molecule has 1 fully saturated rings. The number of ketones is 1. The number of amides is 2. The number of aryl methyl sites for hydroxylation is 1. The first kappa shape index (κ1) is 21.1. The number of nitrogens with two attached hydrogens (primary N) is 1. The molecule has 10 heteroatoms. The molecule has 0 bridgehead atoms. The molecule has 150 valence electrons. The van der Waals surface area contributed by atoms with Gasteiger partial charge in [0.05, 0.1) is 12.8 Å². The zero-order valence-electron chi connectivity index (χ0n) is 15.4. The van der Waals surface area contributed by atoms with Gasteiger partial charge >= 0.3 is 0 Å². The van der Waals surface area contributed by atoms with Crippen molar-refractivity contribution >= 4 is 27.6 Å². The van der Waals surface area contributed by atoms with Crippen LogP contribution in [0.15, 0.2) is 21.6 Å². The van der Waals surface area contributed by atoms with Gasteiger partial charge in [-0.2, -0.15) is 0 Å². The molecule has 0 saturated carbocycles. The highest BCUT2D eigenvalue weighted by atomic mass is 32.2. The van der Waals surface area contributed by atoms with Crippen molar-refractivity contribution < 1.29 is 27.2 Å². The van der Waals surface area contributed by atoms with Crippen molar-refractivity contribution in [2.75, 3.05) is 13.1 Å². The lowest BCUT2D eigenvalue weighted by Crippen LogP contribution is -2.49. The fraction of sp³-hybridized carbons (Fsp3) is 0.588. The lowest BCUT2D eigenvalue weighted by atomic mass is 10.0. The molecular weight excluding hydrogens is 374 g/mol. The van der Waals surface area contributed by atoms with E-state index in [1.54, 1.807) is 6.92 Å². The van der Waals surface area contributed by atoms with E-state index >= 15 is 0 Å². The summed E-state index contributed by atoms with van der Waals surface area (Å²) in [4.78, 5) is 36.4. The molecule has 0 spiro atoms. The van der Waals surface area contributed by atoms with Crippen LogP contribution >= 0.6 is 0 Å². The van der Waals surface area contributed by atoms with E-state index in [4.69, 9.17) is 10.2 Å². The second-order valence-corrected chi connectivity index (χ2v) is 8.46. The number of Topliss-reactive ketones (excluding diaryl/α,β-unsaturated/α-hetero) is 1. The molecule has 2 amide bonds. The molecule has 0 radical (unpaired) electrons. The Labute approximate surface area is 158 Å². The Morgan fingerprint density at radius 3 is 2.74 bits per heavy atom. The maximum absolute atomic E-state index is 13.2. The van der Waals surface area contributed by atoms with E-state index in [1.807, 2.05) is 0 Å². The first-order valence-corrected chi connectivity index (χ1v) is 10.2. The summed E-state index contributed by atoms with van der Waals surface area (Å²) in [6.07, 6.45) is 1.90. The van der Waals surface area contributed by atoms with E-state index in [0.717, 1.165) is 0 Å². The normalized spacial score (nSPS) is 19.3. The van der Waals surface area contributed by atoms with Gasteiger partial charge in [-0.05, 0) is 38.8 Å². The molecule has 1 saturated heterocycles. The van der Waals surface area contributed by atoms with Crippen molar-refractivity contribution in [2.24, 2.45) is 11.7 Å². The molecule has 1 aromatic heterocycles. The van der Waals surface area contributed by atoms with Gasteiger partial charge in [0.25, 0.3) is 10.0 Å². The van der Waals surface area contributed by atoms with Crippen LogP contribution in [-0.4, -0.2) is 49.5 Å². The first-order chi connectivity index (χ1) is 12.7. The second-order valence-electron chi connectivity index (χ2n) is 6.68. The Morgan fingerprint density at radius 2 is 2.15 bits per heavy atom. The lowest BCUT2D eigenvalue weighted by Gasteiger charge is -2.29. The number of hydrogen-bond donors (Lipinski definition) is 2. The van der Waals surface area contributed by atoms with Crippen LogP contribution in [0.5, 0.6) is 0 Å². The van der Waals surface area contributed by atoms with Crippen LogP contribution in [0.1, 0.15) is 38.4 Å². The zero-order valence-corrected chi connectivity index (χ0v) is 16.3. The molecule has 1 aliphatic rings. The minimum atomic E-state index is -4.28. The number of hydrogen-bond acceptors (Lipinski definition) is 7. The molecule has 9 nitrogen and oxygen atoms in total. The summed E-state index contributed by atoms with van der Waals surface area (Å²) in [5, 5.41) is 2.92. The number of rotatable bonds is 7. The summed E-state index contributed by atoms with van der Waals surface area (Å²) in [6, 6.07) is 0.173. The summed E-state index contributed by atoms with van der Waals surface area (Å²) in [6.45, 7) is 3.59. The summed E-state index contributed by atoms with van der Waals surface area (Å²) >= 11 is 0. The summed E-state index contributed by atoms with van der Waals surface area (Å²) in [5.74, 6) is -2.12. The molecule has 3 N–H and O–H groups in total. The molecular formula is C17H25N3O6S. The molecule has 27 heavy (non-hydrogen) atoms. The number of nitrogens with one attached hydrogen (secondary N) is 1. The predicted molar refractivity (Wildman–Crippen MR) is 96.0 cm³/mol.